The molecule has 0 bridgehead atoms. The van der Waals surface area contributed by atoms with Crippen LogP contribution in [0.3, 0.4) is 0 Å². The van der Waals surface area contributed by atoms with E-state index in [0.29, 0.717) is 24.2 Å². The second kappa shape index (κ2) is 6.26. The number of carbonyl (C=O) groups is 1. The molecule has 0 radical (unpaired) electrons. The molecule has 1 aliphatic carbocycles. The number of nitrogens with two attached hydrogens (primary N) is 1. The lowest BCUT2D eigenvalue weighted by molar-refractivity contribution is -0.113. The zero-order valence-corrected chi connectivity index (χ0v) is 12.2. The number of sulfone groups is 1. The average Bonchev–Trinajstić information content (AvgIpc) is 2.39. The maximum atomic E-state index is 12.2. The van der Waals surface area contributed by atoms with Crippen LogP contribution in [-0.2, 0) is 14.6 Å². The number of amides is 1. The lowest BCUT2D eigenvalue weighted by Crippen LogP contribution is -2.32. The predicted octanol–water partition coefficient (Wildman–Crippen LogP) is 1.95. The Hall–Kier alpha value is -1.56. The molecule has 1 saturated carbocycles. The monoisotopic (exact) mass is 296 g/mol. The Morgan fingerprint density at radius 3 is 2.60 bits per heavy atom. The van der Waals surface area contributed by atoms with Gasteiger partial charge in [-0.1, -0.05) is 25.3 Å². The SMILES string of the molecule is Nc1cccc(NC(=O)CS(=O)(=O)C2CCCCC2)c1. The average molecular weight is 296 g/mol. The van der Waals surface area contributed by atoms with E-state index in [4.69, 9.17) is 5.73 Å². The number of anilines is 2. The molecule has 1 aromatic rings. The van der Waals surface area contributed by atoms with E-state index in [9.17, 15) is 13.2 Å². The first-order valence-corrected chi connectivity index (χ1v) is 8.56. The van der Waals surface area contributed by atoms with E-state index in [-0.39, 0.29) is 5.25 Å². The van der Waals surface area contributed by atoms with E-state index in [1.807, 2.05) is 0 Å². The van der Waals surface area contributed by atoms with Gasteiger partial charge in [0.05, 0.1) is 5.25 Å². The normalized spacial score (nSPS) is 16.8. The summed E-state index contributed by atoms with van der Waals surface area (Å²) in [6.45, 7) is 0. The first kappa shape index (κ1) is 14.8. The number of nitrogens with one attached hydrogen (secondary N) is 1. The summed E-state index contributed by atoms with van der Waals surface area (Å²) in [6.07, 6.45) is 4.30. The van der Waals surface area contributed by atoms with Crippen LogP contribution in [0.25, 0.3) is 0 Å². The Morgan fingerprint density at radius 1 is 1.25 bits per heavy atom. The second-order valence-electron chi connectivity index (χ2n) is 5.24. The summed E-state index contributed by atoms with van der Waals surface area (Å²) < 4.78 is 24.3. The minimum absolute atomic E-state index is 0.358. The van der Waals surface area contributed by atoms with E-state index < -0.39 is 21.5 Å². The van der Waals surface area contributed by atoms with Gasteiger partial charge in [0.1, 0.15) is 5.75 Å². The Bertz CT molecular complexity index is 578. The molecule has 0 saturated heterocycles. The van der Waals surface area contributed by atoms with Crippen molar-refractivity contribution in [3.05, 3.63) is 24.3 Å². The Morgan fingerprint density at radius 2 is 1.95 bits per heavy atom. The summed E-state index contributed by atoms with van der Waals surface area (Å²) in [4.78, 5) is 11.9. The summed E-state index contributed by atoms with van der Waals surface area (Å²) in [5.41, 5.74) is 6.66. The van der Waals surface area contributed by atoms with Gasteiger partial charge >= 0.3 is 0 Å². The van der Waals surface area contributed by atoms with Crippen molar-refractivity contribution in [1.82, 2.24) is 0 Å². The van der Waals surface area contributed by atoms with Crippen LogP contribution in [0.2, 0.25) is 0 Å². The summed E-state index contributed by atoms with van der Waals surface area (Å²) in [5.74, 6) is -0.951. The molecule has 1 fully saturated rings. The number of hydrogen-bond acceptors (Lipinski definition) is 4. The molecule has 0 spiro atoms. The van der Waals surface area contributed by atoms with Crippen molar-refractivity contribution in [3.8, 4) is 0 Å². The van der Waals surface area contributed by atoms with Gasteiger partial charge in [-0.05, 0) is 31.0 Å². The summed E-state index contributed by atoms with van der Waals surface area (Å²) in [5, 5.41) is 2.22. The molecule has 0 aliphatic heterocycles. The summed E-state index contributed by atoms with van der Waals surface area (Å²) in [7, 11) is -3.36. The van der Waals surface area contributed by atoms with Crippen molar-refractivity contribution >= 4 is 27.1 Å². The number of hydrogen-bond donors (Lipinski definition) is 2. The minimum atomic E-state index is -3.36. The maximum Gasteiger partial charge on any atom is 0.239 e. The second-order valence-corrected chi connectivity index (χ2v) is 7.52. The topological polar surface area (TPSA) is 89.3 Å². The van der Waals surface area contributed by atoms with Crippen molar-refractivity contribution in [1.29, 1.82) is 0 Å². The largest absolute Gasteiger partial charge is 0.399 e. The van der Waals surface area contributed by atoms with Crippen molar-refractivity contribution in [2.24, 2.45) is 0 Å². The molecule has 0 atom stereocenters. The van der Waals surface area contributed by atoms with Gasteiger partial charge in [-0.25, -0.2) is 8.42 Å². The van der Waals surface area contributed by atoms with Crippen molar-refractivity contribution < 1.29 is 13.2 Å². The van der Waals surface area contributed by atoms with Gasteiger partial charge in [0, 0.05) is 11.4 Å². The zero-order chi connectivity index (χ0) is 14.6. The molecule has 6 heteroatoms. The van der Waals surface area contributed by atoms with Crippen LogP contribution in [0.5, 0.6) is 0 Å². The molecule has 5 nitrogen and oxygen atoms in total. The standard InChI is InChI=1S/C14H20N2O3S/c15-11-5-4-6-12(9-11)16-14(17)10-20(18,19)13-7-2-1-3-8-13/h4-6,9,13H,1-3,7-8,10,15H2,(H,16,17). The zero-order valence-electron chi connectivity index (χ0n) is 11.3. The fraction of sp³-hybridized carbons (Fsp3) is 0.500. The van der Waals surface area contributed by atoms with Gasteiger partial charge in [-0.3, -0.25) is 4.79 Å². The molecule has 3 N–H and O–H groups in total. The van der Waals surface area contributed by atoms with Crippen LogP contribution in [0.15, 0.2) is 24.3 Å². The molecule has 0 heterocycles. The lowest BCUT2D eigenvalue weighted by atomic mass is 10.0. The van der Waals surface area contributed by atoms with Crippen LogP contribution in [0.4, 0.5) is 11.4 Å². The van der Waals surface area contributed by atoms with Crippen LogP contribution >= 0.6 is 0 Å². The third kappa shape index (κ3) is 3.96. The molecule has 110 valence electrons. The van der Waals surface area contributed by atoms with Gasteiger partial charge in [-0.15, -0.1) is 0 Å². The van der Waals surface area contributed by atoms with Crippen molar-refractivity contribution in [3.63, 3.8) is 0 Å². The Kier molecular flexibility index (Phi) is 4.65. The lowest BCUT2D eigenvalue weighted by Gasteiger charge is -2.21. The van der Waals surface area contributed by atoms with Gasteiger partial charge in [0.15, 0.2) is 9.84 Å². The van der Waals surface area contributed by atoms with Crippen LogP contribution in [-0.4, -0.2) is 25.3 Å². The molecule has 1 aromatic carbocycles. The third-order valence-electron chi connectivity index (χ3n) is 3.56. The Balaban J connectivity index is 1.96. The predicted molar refractivity (Wildman–Crippen MR) is 80.1 cm³/mol. The smallest absolute Gasteiger partial charge is 0.239 e. The molecule has 1 amide bonds. The minimum Gasteiger partial charge on any atom is -0.399 e. The molecular weight excluding hydrogens is 276 g/mol. The highest BCUT2D eigenvalue weighted by Gasteiger charge is 2.29. The van der Waals surface area contributed by atoms with Crippen LogP contribution in [0, 0.1) is 0 Å². The highest BCUT2D eigenvalue weighted by Crippen LogP contribution is 2.24. The molecule has 0 unspecified atom stereocenters. The van der Waals surface area contributed by atoms with Crippen LogP contribution < -0.4 is 11.1 Å². The third-order valence-corrected chi connectivity index (χ3v) is 5.71. The first-order valence-electron chi connectivity index (χ1n) is 6.84. The van der Waals surface area contributed by atoms with Gasteiger partial charge in [-0.2, -0.15) is 0 Å². The maximum absolute atomic E-state index is 12.2. The number of carbonyl (C=O) groups excluding carboxylic acids is 1. The number of benzene rings is 1. The Labute approximate surface area is 119 Å². The quantitative estimate of drug-likeness (QED) is 0.831. The first-order chi connectivity index (χ1) is 9.47. The van der Waals surface area contributed by atoms with E-state index >= 15 is 0 Å². The molecular formula is C14H20N2O3S. The molecule has 2 rings (SSSR count). The van der Waals surface area contributed by atoms with Crippen LogP contribution in [0.1, 0.15) is 32.1 Å². The number of rotatable bonds is 4. The highest BCUT2D eigenvalue weighted by atomic mass is 32.2. The summed E-state index contributed by atoms with van der Waals surface area (Å²) >= 11 is 0. The fourth-order valence-corrected chi connectivity index (χ4v) is 4.26. The van der Waals surface area contributed by atoms with E-state index in [2.05, 4.69) is 5.32 Å². The summed E-state index contributed by atoms with van der Waals surface area (Å²) in [6, 6.07) is 6.70. The fourth-order valence-electron chi connectivity index (χ4n) is 2.54. The van der Waals surface area contributed by atoms with E-state index in [1.54, 1.807) is 24.3 Å². The molecule has 1 aliphatic rings. The molecule has 20 heavy (non-hydrogen) atoms. The van der Waals surface area contributed by atoms with Gasteiger partial charge in [0.2, 0.25) is 5.91 Å². The van der Waals surface area contributed by atoms with E-state index in [0.717, 1.165) is 19.3 Å². The van der Waals surface area contributed by atoms with Gasteiger partial charge in [0.25, 0.3) is 0 Å². The highest BCUT2D eigenvalue weighted by molar-refractivity contribution is 7.92. The van der Waals surface area contributed by atoms with Gasteiger partial charge < -0.3 is 11.1 Å². The van der Waals surface area contributed by atoms with Crippen molar-refractivity contribution in [2.75, 3.05) is 16.8 Å². The van der Waals surface area contributed by atoms with Crippen molar-refractivity contribution in [2.45, 2.75) is 37.4 Å². The number of nitrogen functional groups attached to an aromatic ring is 1. The van der Waals surface area contributed by atoms with E-state index in [1.165, 1.54) is 0 Å². The molecule has 0 aromatic heterocycles.